The minimum Gasteiger partial charge on any atom is -0.458 e. The van der Waals surface area contributed by atoms with Crippen molar-refractivity contribution in [3.63, 3.8) is 0 Å². The minimum absolute atomic E-state index is 0.0519. The van der Waals surface area contributed by atoms with Gasteiger partial charge in [-0.15, -0.1) is 0 Å². The summed E-state index contributed by atoms with van der Waals surface area (Å²) in [6.45, 7) is 11.7. The largest absolute Gasteiger partial charge is 0.458 e. The van der Waals surface area contributed by atoms with E-state index in [0.29, 0.717) is 12.0 Å². The number of esters is 3. The Balaban J connectivity index is 2.50. The van der Waals surface area contributed by atoms with Gasteiger partial charge in [-0.25, -0.2) is 4.79 Å². The molecular formula is C19H22O7. The van der Waals surface area contributed by atoms with E-state index in [1.807, 2.05) is 0 Å². The van der Waals surface area contributed by atoms with E-state index in [0.717, 1.165) is 0 Å². The Labute approximate surface area is 151 Å². The van der Waals surface area contributed by atoms with Gasteiger partial charge >= 0.3 is 17.9 Å². The Morgan fingerprint density at radius 1 is 1.15 bits per heavy atom. The molecule has 0 spiro atoms. The highest BCUT2D eigenvalue weighted by Crippen LogP contribution is 2.36. The second-order valence-electron chi connectivity index (χ2n) is 6.47. The van der Waals surface area contributed by atoms with Crippen LogP contribution in [-0.2, 0) is 33.4 Å². The predicted molar refractivity (Wildman–Crippen MR) is 90.8 cm³/mol. The van der Waals surface area contributed by atoms with Crippen molar-refractivity contribution in [3.8, 4) is 0 Å². The standard InChI is InChI=1S/C19H22O7/c1-9-6-7-14(24-12(4)20)10(2)8-15-16(11(3)19(23)26-15)18(17(9)22)25-13(5)21/h8,14-16,18H,1,3,6-7H2,2,4-5H3/b10-8-/t14-,15-,16+,18-/m0/s1. The van der Waals surface area contributed by atoms with Gasteiger partial charge in [0.05, 0.1) is 5.92 Å². The zero-order chi connectivity index (χ0) is 19.6. The first-order chi connectivity index (χ1) is 12.1. The van der Waals surface area contributed by atoms with Crippen LogP contribution in [0.2, 0.25) is 0 Å². The summed E-state index contributed by atoms with van der Waals surface area (Å²) < 4.78 is 15.8. The molecule has 1 saturated heterocycles. The van der Waals surface area contributed by atoms with Gasteiger partial charge in [-0.1, -0.05) is 13.2 Å². The molecule has 0 radical (unpaired) electrons. The lowest BCUT2D eigenvalue weighted by molar-refractivity contribution is -0.155. The highest BCUT2D eigenvalue weighted by Gasteiger charge is 2.48. The molecule has 140 valence electrons. The highest BCUT2D eigenvalue weighted by atomic mass is 16.6. The molecule has 0 aromatic carbocycles. The Morgan fingerprint density at radius 3 is 2.35 bits per heavy atom. The number of hydrogen-bond acceptors (Lipinski definition) is 7. The number of hydrogen-bond donors (Lipinski definition) is 0. The number of ketones is 1. The fraction of sp³-hybridized carbons (Fsp3) is 0.474. The summed E-state index contributed by atoms with van der Waals surface area (Å²) in [5, 5.41) is 0. The van der Waals surface area contributed by atoms with Gasteiger partial charge in [0.1, 0.15) is 12.2 Å². The van der Waals surface area contributed by atoms with Crippen LogP contribution in [-0.4, -0.2) is 42.0 Å². The van der Waals surface area contributed by atoms with Crippen LogP contribution >= 0.6 is 0 Å². The Morgan fingerprint density at radius 2 is 1.77 bits per heavy atom. The molecule has 2 rings (SSSR count). The van der Waals surface area contributed by atoms with E-state index in [4.69, 9.17) is 14.2 Å². The van der Waals surface area contributed by atoms with E-state index in [-0.39, 0.29) is 17.6 Å². The number of Topliss-reactive ketones (excluding diaryl/α,β-unsaturated/α-hetero) is 1. The summed E-state index contributed by atoms with van der Waals surface area (Å²) in [6.07, 6.45) is -0.461. The molecule has 0 amide bonds. The number of carbonyl (C=O) groups is 4. The molecule has 2 aliphatic rings. The van der Waals surface area contributed by atoms with Gasteiger partial charge in [0, 0.05) is 19.4 Å². The lowest BCUT2D eigenvalue weighted by atomic mass is 9.83. The van der Waals surface area contributed by atoms with Gasteiger partial charge in [-0.05, 0) is 37.0 Å². The van der Waals surface area contributed by atoms with Crippen molar-refractivity contribution in [2.24, 2.45) is 5.92 Å². The van der Waals surface area contributed by atoms with Crippen LogP contribution in [0.25, 0.3) is 0 Å². The molecule has 0 bridgehead atoms. The van der Waals surface area contributed by atoms with Crippen LogP contribution in [0.1, 0.15) is 33.6 Å². The summed E-state index contributed by atoms with van der Waals surface area (Å²) in [7, 11) is 0. The molecule has 26 heavy (non-hydrogen) atoms. The first-order valence-corrected chi connectivity index (χ1v) is 8.26. The van der Waals surface area contributed by atoms with Crippen LogP contribution in [0.5, 0.6) is 0 Å². The minimum atomic E-state index is -1.24. The first kappa shape index (κ1) is 19.6. The normalized spacial score (nSPS) is 31.4. The lowest BCUT2D eigenvalue weighted by Crippen LogP contribution is -2.40. The molecule has 1 aliphatic carbocycles. The van der Waals surface area contributed by atoms with Crippen LogP contribution in [0, 0.1) is 5.92 Å². The van der Waals surface area contributed by atoms with Crippen molar-refractivity contribution in [1.29, 1.82) is 0 Å². The third-order valence-corrected chi connectivity index (χ3v) is 4.44. The van der Waals surface area contributed by atoms with Crippen LogP contribution in [0.3, 0.4) is 0 Å². The van der Waals surface area contributed by atoms with E-state index >= 15 is 0 Å². The Hall–Kier alpha value is -2.70. The topological polar surface area (TPSA) is 96.0 Å². The quantitative estimate of drug-likeness (QED) is 0.320. The fourth-order valence-corrected chi connectivity index (χ4v) is 3.14. The number of fused-ring (bicyclic) bond motifs is 1. The summed E-state index contributed by atoms with van der Waals surface area (Å²) in [5.41, 5.74) is 0.937. The molecule has 0 saturated carbocycles. The second kappa shape index (κ2) is 7.68. The molecule has 0 aromatic heterocycles. The maximum absolute atomic E-state index is 12.8. The molecule has 0 unspecified atom stereocenters. The van der Waals surface area contributed by atoms with Crippen molar-refractivity contribution in [2.75, 3.05) is 0 Å². The third kappa shape index (κ3) is 4.09. The number of rotatable bonds is 2. The SMILES string of the molecule is C=C1CC[C@H](OC(C)=O)/C(C)=C\[C@@H]2OC(=O)C(=C)[C@H]2[C@H](OC(C)=O)C1=O. The molecule has 1 fully saturated rings. The van der Waals surface area contributed by atoms with E-state index < -0.39 is 47.9 Å². The zero-order valence-corrected chi connectivity index (χ0v) is 15.1. The third-order valence-electron chi connectivity index (χ3n) is 4.44. The lowest BCUT2D eigenvalue weighted by Gasteiger charge is -2.28. The molecule has 4 atom stereocenters. The van der Waals surface area contributed by atoms with Gasteiger partial charge in [-0.2, -0.15) is 0 Å². The smallest absolute Gasteiger partial charge is 0.334 e. The van der Waals surface area contributed by atoms with Gasteiger partial charge in [-0.3, -0.25) is 14.4 Å². The first-order valence-electron chi connectivity index (χ1n) is 8.26. The summed E-state index contributed by atoms with van der Waals surface area (Å²) in [6, 6.07) is 0. The molecule has 7 heteroatoms. The zero-order valence-electron chi connectivity index (χ0n) is 15.1. The van der Waals surface area contributed by atoms with E-state index in [1.54, 1.807) is 13.0 Å². The van der Waals surface area contributed by atoms with Gasteiger partial charge < -0.3 is 14.2 Å². The van der Waals surface area contributed by atoms with E-state index in [1.165, 1.54) is 13.8 Å². The van der Waals surface area contributed by atoms with E-state index in [9.17, 15) is 19.2 Å². The average molecular weight is 362 g/mol. The molecule has 7 nitrogen and oxygen atoms in total. The molecule has 1 aliphatic heterocycles. The Kier molecular flexibility index (Phi) is 5.79. The molecule has 0 N–H and O–H groups in total. The average Bonchev–Trinajstić information content (AvgIpc) is 2.81. The molecule has 0 aromatic rings. The van der Waals surface area contributed by atoms with Crippen molar-refractivity contribution >= 4 is 23.7 Å². The maximum Gasteiger partial charge on any atom is 0.334 e. The van der Waals surface area contributed by atoms with Crippen LogP contribution in [0.15, 0.2) is 36.0 Å². The molecule has 1 heterocycles. The summed E-state index contributed by atoms with van der Waals surface area (Å²) in [4.78, 5) is 47.7. The summed E-state index contributed by atoms with van der Waals surface area (Å²) in [5.74, 6) is -3.13. The summed E-state index contributed by atoms with van der Waals surface area (Å²) >= 11 is 0. The number of ether oxygens (including phenoxy) is 3. The van der Waals surface area contributed by atoms with Gasteiger partial charge in [0.25, 0.3) is 0 Å². The van der Waals surface area contributed by atoms with Crippen molar-refractivity contribution in [1.82, 2.24) is 0 Å². The van der Waals surface area contributed by atoms with E-state index in [2.05, 4.69) is 13.2 Å². The van der Waals surface area contributed by atoms with Crippen molar-refractivity contribution in [3.05, 3.63) is 36.0 Å². The molecular weight excluding hydrogens is 340 g/mol. The van der Waals surface area contributed by atoms with Crippen LogP contribution in [0.4, 0.5) is 0 Å². The van der Waals surface area contributed by atoms with Crippen LogP contribution < -0.4 is 0 Å². The van der Waals surface area contributed by atoms with Crippen molar-refractivity contribution < 1.29 is 33.4 Å². The Bertz CT molecular complexity index is 715. The monoisotopic (exact) mass is 362 g/mol. The van der Waals surface area contributed by atoms with Gasteiger partial charge in [0.15, 0.2) is 11.9 Å². The maximum atomic E-state index is 12.8. The number of carbonyl (C=O) groups excluding carboxylic acids is 4. The van der Waals surface area contributed by atoms with Crippen molar-refractivity contribution in [2.45, 2.75) is 51.9 Å². The highest BCUT2D eigenvalue weighted by molar-refractivity contribution is 6.02. The second-order valence-corrected chi connectivity index (χ2v) is 6.47. The fourth-order valence-electron chi connectivity index (χ4n) is 3.14. The predicted octanol–water partition coefficient (Wildman–Crippen LogP) is 1.81. The van der Waals surface area contributed by atoms with Gasteiger partial charge in [0.2, 0.25) is 0 Å².